The molecule has 0 fully saturated rings. The number of nitrogens with zero attached hydrogens (tertiary/aromatic N) is 5. The number of thioether (sulfide) groups is 1. The highest BCUT2D eigenvalue weighted by Gasteiger charge is 2.23. The van der Waals surface area contributed by atoms with Crippen molar-refractivity contribution in [2.24, 2.45) is 7.05 Å². The number of fused-ring (bicyclic) bond motifs is 1. The van der Waals surface area contributed by atoms with Gasteiger partial charge in [0.25, 0.3) is 0 Å². The average Bonchev–Trinajstić information content (AvgIpc) is 3.39. The normalized spacial score (nSPS) is 13.5. The van der Waals surface area contributed by atoms with Gasteiger partial charge in [-0.25, -0.2) is 0 Å². The highest BCUT2D eigenvalue weighted by molar-refractivity contribution is 8.00. The number of anilines is 1. The Balaban J connectivity index is 1.50. The summed E-state index contributed by atoms with van der Waals surface area (Å²) in [5.74, 6) is 1.97. The maximum atomic E-state index is 12.6. The van der Waals surface area contributed by atoms with E-state index in [1.807, 2.05) is 43.7 Å². The zero-order chi connectivity index (χ0) is 19.7. The molecule has 1 aliphatic heterocycles. The number of carbonyl (C=O) groups excluding carboxylic acids is 1. The first-order chi connectivity index (χ1) is 13.5. The zero-order valence-corrected chi connectivity index (χ0v) is 17.1. The largest absolute Gasteiger partial charge is 0.454 e. The summed E-state index contributed by atoms with van der Waals surface area (Å²) >= 11 is 2.71. The Bertz CT molecular complexity index is 1020. The Kier molecular flexibility index (Phi) is 5.18. The second-order valence-electron chi connectivity index (χ2n) is 6.06. The quantitative estimate of drug-likeness (QED) is 0.610. The van der Waals surface area contributed by atoms with E-state index >= 15 is 0 Å². The molecule has 146 valence electrons. The second kappa shape index (κ2) is 7.76. The van der Waals surface area contributed by atoms with Crippen LogP contribution in [0.2, 0.25) is 0 Å². The fourth-order valence-corrected chi connectivity index (χ4v) is 4.20. The molecule has 2 aromatic heterocycles. The molecular weight excluding hydrogens is 400 g/mol. The highest BCUT2D eigenvalue weighted by Crippen LogP contribution is 2.36. The van der Waals surface area contributed by atoms with Crippen LogP contribution < -0.4 is 14.8 Å². The lowest BCUT2D eigenvalue weighted by atomic mass is 10.2. The van der Waals surface area contributed by atoms with Gasteiger partial charge in [0.15, 0.2) is 22.5 Å². The van der Waals surface area contributed by atoms with E-state index in [2.05, 4.69) is 25.7 Å². The van der Waals surface area contributed by atoms with Gasteiger partial charge < -0.3 is 14.0 Å². The van der Waals surface area contributed by atoms with Gasteiger partial charge >= 0.3 is 0 Å². The minimum atomic E-state index is -0.322. The van der Waals surface area contributed by atoms with Gasteiger partial charge in [0.2, 0.25) is 17.8 Å². The van der Waals surface area contributed by atoms with Crippen molar-refractivity contribution in [2.75, 3.05) is 12.1 Å². The van der Waals surface area contributed by atoms with Crippen LogP contribution in [0.4, 0.5) is 5.13 Å². The first-order valence-electron chi connectivity index (χ1n) is 8.62. The summed E-state index contributed by atoms with van der Waals surface area (Å²) in [6.45, 7) is 4.02. The van der Waals surface area contributed by atoms with Gasteiger partial charge in [0.05, 0.1) is 5.25 Å². The molecule has 4 rings (SSSR count). The van der Waals surface area contributed by atoms with Crippen LogP contribution in [0.3, 0.4) is 0 Å². The molecule has 1 aliphatic rings. The minimum absolute atomic E-state index is 0.128. The number of ether oxygens (including phenoxy) is 2. The van der Waals surface area contributed by atoms with Crippen LogP contribution in [-0.2, 0) is 11.8 Å². The van der Waals surface area contributed by atoms with Crippen molar-refractivity contribution in [2.45, 2.75) is 30.7 Å². The summed E-state index contributed by atoms with van der Waals surface area (Å²) in [7, 11) is 1.88. The summed E-state index contributed by atoms with van der Waals surface area (Å²) in [5, 5.41) is 20.9. The second-order valence-corrected chi connectivity index (χ2v) is 8.41. The molecule has 0 saturated carbocycles. The van der Waals surface area contributed by atoms with Crippen molar-refractivity contribution in [3.63, 3.8) is 0 Å². The molecule has 0 aliphatic carbocycles. The van der Waals surface area contributed by atoms with Gasteiger partial charge in [-0.3, -0.25) is 10.1 Å². The lowest BCUT2D eigenvalue weighted by Crippen LogP contribution is -2.25. The average molecular weight is 419 g/mol. The number of benzene rings is 1. The van der Waals surface area contributed by atoms with Gasteiger partial charge in [-0.15, -0.1) is 20.4 Å². The highest BCUT2D eigenvalue weighted by atomic mass is 32.2. The maximum absolute atomic E-state index is 12.6. The van der Waals surface area contributed by atoms with Gasteiger partial charge in [-0.05, 0) is 31.5 Å². The molecule has 11 heteroatoms. The summed E-state index contributed by atoms with van der Waals surface area (Å²) in [4.78, 5) is 12.6. The fourth-order valence-electron chi connectivity index (χ4n) is 2.69. The number of carbonyl (C=O) groups is 1. The van der Waals surface area contributed by atoms with Crippen molar-refractivity contribution in [3.05, 3.63) is 23.2 Å². The smallest absolute Gasteiger partial charge is 0.239 e. The van der Waals surface area contributed by atoms with E-state index in [-0.39, 0.29) is 18.0 Å². The van der Waals surface area contributed by atoms with Crippen LogP contribution in [0.5, 0.6) is 11.5 Å². The Morgan fingerprint density at radius 3 is 2.86 bits per heavy atom. The van der Waals surface area contributed by atoms with Gasteiger partial charge in [-0.1, -0.05) is 30.0 Å². The van der Waals surface area contributed by atoms with Crippen LogP contribution in [0.15, 0.2) is 23.4 Å². The lowest BCUT2D eigenvalue weighted by Gasteiger charge is -2.12. The predicted octanol–water partition coefficient (Wildman–Crippen LogP) is 2.88. The third-order valence-electron chi connectivity index (χ3n) is 4.13. The molecule has 0 saturated heterocycles. The Morgan fingerprint density at radius 2 is 2.11 bits per heavy atom. The van der Waals surface area contributed by atoms with E-state index in [4.69, 9.17) is 9.47 Å². The summed E-state index contributed by atoms with van der Waals surface area (Å²) < 4.78 is 12.6. The summed E-state index contributed by atoms with van der Waals surface area (Å²) in [6.07, 6.45) is 0.639. The van der Waals surface area contributed by atoms with Gasteiger partial charge in [-0.2, -0.15) is 0 Å². The first-order valence-corrected chi connectivity index (χ1v) is 10.3. The van der Waals surface area contributed by atoms with E-state index in [1.54, 1.807) is 0 Å². The van der Waals surface area contributed by atoms with E-state index in [9.17, 15) is 4.79 Å². The summed E-state index contributed by atoms with van der Waals surface area (Å²) in [5.41, 5.74) is 0.868. The van der Waals surface area contributed by atoms with Crippen molar-refractivity contribution < 1.29 is 14.3 Å². The molecule has 0 bridgehead atoms. The van der Waals surface area contributed by atoms with E-state index in [0.29, 0.717) is 28.3 Å². The summed E-state index contributed by atoms with van der Waals surface area (Å²) in [6, 6.07) is 5.64. The lowest BCUT2D eigenvalue weighted by molar-refractivity contribution is -0.115. The third-order valence-corrected chi connectivity index (χ3v) is 6.29. The van der Waals surface area contributed by atoms with E-state index in [0.717, 1.165) is 16.3 Å². The number of hydrogen-bond donors (Lipinski definition) is 1. The van der Waals surface area contributed by atoms with Crippen molar-refractivity contribution in [1.82, 2.24) is 25.0 Å². The first kappa shape index (κ1) is 18.7. The number of amides is 1. The molecule has 3 heterocycles. The fraction of sp³-hybridized carbons (Fsp3) is 0.353. The van der Waals surface area contributed by atoms with Crippen LogP contribution in [-0.4, -0.2) is 42.9 Å². The predicted molar refractivity (Wildman–Crippen MR) is 106 cm³/mol. The molecule has 1 aromatic carbocycles. The van der Waals surface area contributed by atoms with Crippen LogP contribution >= 0.6 is 23.1 Å². The topological polar surface area (TPSA) is 104 Å². The molecule has 1 N–H and O–H groups in total. The van der Waals surface area contributed by atoms with Gasteiger partial charge in [0, 0.05) is 12.6 Å². The molecular formula is C17H18N6O3S2. The maximum Gasteiger partial charge on any atom is 0.239 e. The number of aromatic nitrogens is 5. The molecule has 28 heavy (non-hydrogen) atoms. The Morgan fingerprint density at radius 1 is 1.29 bits per heavy atom. The molecule has 9 nitrogen and oxygen atoms in total. The zero-order valence-electron chi connectivity index (χ0n) is 15.5. The SMILES string of the molecule is CCC(Sc1nnc(-c2ccc3c(c2)OCO3)n1C)C(=O)Nc1nnc(C)s1. The standard InChI is InChI=1S/C17H18N6O3S2/c1-4-13(15(24)18-16-21-19-9(2)27-16)28-17-22-20-14(23(17)3)10-5-6-11-12(7-10)26-8-25-11/h5-7,13H,4,8H2,1-3H3,(H,18,21,24). The number of aryl methyl sites for hydroxylation is 1. The number of rotatable bonds is 6. The van der Waals surface area contributed by atoms with Crippen molar-refractivity contribution >= 4 is 34.1 Å². The monoisotopic (exact) mass is 418 g/mol. The number of hydrogen-bond acceptors (Lipinski definition) is 9. The molecule has 1 atom stereocenters. The minimum Gasteiger partial charge on any atom is -0.454 e. The molecule has 1 amide bonds. The Labute approximate surface area is 169 Å². The Hall–Kier alpha value is -2.66. The van der Waals surface area contributed by atoms with Crippen LogP contribution in [0.25, 0.3) is 11.4 Å². The van der Waals surface area contributed by atoms with Crippen LogP contribution in [0, 0.1) is 6.92 Å². The van der Waals surface area contributed by atoms with E-state index in [1.165, 1.54) is 23.1 Å². The number of nitrogens with one attached hydrogen (secondary N) is 1. The van der Waals surface area contributed by atoms with Gasteiger partial charge in [0.1, 0.15) is 5.01 Å². The van der Waals surface area contributed by atoms with E-state index < -0.39 is 0 Å². The molecule has 0 radical (unpaired) electrons. The third kappa shape index (κ3) is 3.67. The molecule has 1 unspecified atom stereocenters. The molecule has 3 aromatic rings. The van der Waals surface area contributed by atoms with Crippen LogP contribution in [0.1, 0.15) is 18.4 Å². The molecule has 0 spiro atoms. The van der Waals surface area contributed by atoms with Crippen molar-refractivity contribution in [3.8, 4) is 22.9 Å². The van der Waals surface area contributed by atoms with Crippen molar-refractivity contribution in [1.29, 1.82) is 0 Å².